The van der Waals surface area contributed by atoms with Gasteiger partial charge in [0.05, 0.1) is 12.6 Å². The fourth-order valence-corrected chi connectivity index (χ4v) is 3.94. The molecule has 0 bridgehead atoms. The molecule has 3 aromatic rings. The van der Waals surface area contributed by atoms with E-state index in [1.54, 1.807) is 0 Å². The summed E-state index contributed by atoms with van der Waals surface area (Å²) in [5.41, 5.74) is 4.62. The lowest BCUT2D eigenvalue weighted by Gasteiger charge is -2.25. The number of anilines is 1. The summed E-state index contributed by atoms with van der Waals surface area (Å²) < 4.78 is 0. The largest absolute Gasteiger partial charge is 0.308 e. The average Bonchev–Trinajstić information content (AvgIpc) is 3.05. The molecule has 0 saturated carbocycles. The minimum absolute atomic E-state index is 0.00972. The monoisotopic (exact) mass is 356 g/mol. The van der Waals surface area contributed by atoms with Gasteiger partial charge in [0.25, 0.3) is 0 Å². The summed E-state index contributed by atoms with van der Waals surface area (Å²) in [5, 5.41) is 3.49. The first kappa shape index (κ1) is 17.5. The van der Waals surface area contributed by atoms with Crippen molar-refractivity contribution >= 4 is 11.6 Å². The van der Waals surface area contributed by atoms with E-state index in [2.05, 4.69) is 42.6 Å². The van der Waals surface area contributed by atoms with Crippen LogP contribution in [0.1, 0.15) is 29.7 Å². The van der Waals surface area contributed by atoms with Crippen molar-refractivity contribution in [2.24, 2.45) is 0 Å². The van der Waals surface area contributed by atoms with Crippen LogP contribution >= 0.6 is 0 Å². The first-order valence-electron chi connectivity index (χ1n) is 9.47. The molecule has 0 aromatic heterocycles. The topological polar surface area (TPSA) is 32.3 Å². The summed E-state index contributed by atoms with van der Waals surface area (Å²) in [6, 6.07) is 29.0. The van der Waals surface area contributed by atoms with E-state index in [4.69, 9.17) is 0 Å². The Morgan fingerprint density at radius 2 is 1.48 bits per heavy atom. The van der Waals surface area contributed by atoms with Gasteiger partial charge >= 0.3 is 0 Å². The maximum atomic E-state index is 13.0. The third-order valence-corrected chi connectivity index (χ3v) is 5.20. The Morgan fingerprint density at radius 1 is 0.926 bits per heavy atom. The number of carbonyl (C=O) groups excluding carboxylic acids is 1. The lowest BCUT2D eigenvalue weighted by atomic mass is 9.99. The molecular formula is C24H24N2O. The van der Waals surface area contributed by atoms with Crippen molar-refractivity contribution in [2.75, 3.05) is 11.4 Å². The maximum Gasteiger partial charge on any atom is 0.241 e. The second-order valence-electron chi connectivity index (χ2n) is 7.08. The standard InChI is InChI=1S/C24H24N2O/c1-18-16-21-14-8-9-15-22(21)26(18)23(27)17-25-24(19-10-4-2-5-11-19)20-12-6-3-7-13-20/h2-15,18,24-25H,16-17H2,1H3/t18-/m1/s1. The van der Waals surface area contributed by atoms with Crippen molar-refractivity contribution in [1.82, 2.24) is 5.32 Å². The fraction of sp³-hybridized carbons (Fsp3) is 0.208. The fourth-order valence-electron chi connectivity index (χ4n) is 3.94. The molecule has 3 aromatic carbocycles. The van der Waals surface area contributed by atoms with Gasteiger partial charge in [-0.3, -0.25) is 10.1 Å². The van der Waals surface area contributed by atoms with E-state index in [0.717, 1.165) is 23.2 Å². The highest BCUT2D eigenvalue weighted by Crippen LogP contribution is 2.32. The molecule has 27 heavy (non-hydrogen) atoms. The molecule has 0 spiro atoms. The van der Waals surface area contributed by atoms with Crippen LogP contribution in [-0.2, 0) is 11.2 Å². The van der Waals surface area contributed by atoms with Gasteiger partial charge in [0.2, 0.25) is 5.91 Å². The molecule has 1 aliphatic rings. The predicted molar refractivity (Wildman–Crippen MR) is 110 cm³/mol. The van der Waals surface area contributed by atoms with Gasteiger partial charge < -0.3 is 4.90 Å². The van der Waals surface area contributed by atoms with E-state index in [1.165, 1.54) is 5.56 Å². The molecule has 3 heteroatoms. The van der Waals surface area contributed by atoms with Gasteiger partial charge in [-0.15, -0.1) is 0 Å². The first-order chi connectivity index (χ1) is 13.2. The highest BCUT2D eigenvalue weighted by Gasteiger charge is 2.30. The predicted octanol–water partition coefficient (Wildman–Crippen LogP) is 4.34. The summed E-state index contributed by atoms with van der Waals surface area (Å²) >= 11 is 0. The van der Waals surface area contributed by atoms with Crippen LogP contribution in [0.2, 0.25) is 0 Å². The van der Waals surface area contributed by atoms with E-state index in [9.17, 15) is 4.79 Å². The molecule has 1 heterocycles. The molecule has 1 N–H and O–H groups in total. The van der Waals surface area contributed by atoms with Crippen LogP contribution in [0.25, 0.3) is 0 Å². The summed E-state index contributed by atoms with van der Waals surface area (Å²) in [5.74, 6) is 0.115. The number of nitrogens with one attached hydrogen (secondary N) is 1. The second kappa shape index (κ2) is 7.77. The molecular weight excluding hydrogens is 332 g/mol. The van der Waals surface area contributed by atoms with Crippen molar-refractivity contribution in [3.63, 3.8) is 0 Å². The SMILES string of the molecule is C[C@@H]1Cc2ccccc2N1C(=O)CNC(c1ccccc1)c1ccccc1. The second-order valence-corrected chi connectivity index (χ2v) is 7.08. The smallest absolute Gasteiger partial charge is 0.241 e. The molecule has 1 amide bonds. The molecule has 1 aliphatic heterocycles. The Morgan fingerprint density at radius 3 is 2.11 bits per heavy atom. The minimum Gasteiger partial charge on any atom is -0.308 e. The molecule has 4 rings (SSSR count). The van der Waals surface area contributed by atoms with Crippen molar-refractivity contribution in [2.45, 2.75) is 25.4 Å². The normalized spacial score (nSPS) is 15.8. The van der Waals surface area contributed by atoms with Crippen molar-refractivity contribution < 1.29 is 4.79 Å². The Balaban J connectivity index is 1.54. The van der Waals surface area contributed by atoms with Crippen LogP contribution in [0.5, 0.6) is 0 Å². The van der Waals surface area contributed by atoms with E-state index < -0.39 is 0 Å². The zero-order valence-electron chi connectivity index (χ0n) is 15.5. The van der Waals surface area contributed by atoms with Crippen LogP contribution in [0.3, 0.4) is 0 Å². The lowest BCUT2D eigenvalue weighted by Crippen LogP contribution is -2.42. The molecule has 1 atom stereocenters. The van der Waals surface area contributed by atoms with Gasteiger partial charge in [-0.05, 0) is 36.1 Å². The Bertz CT molecular complexity index is 868. The Hall–Kier alpha value is -2.91. The number of amides is 1. The van der Waals surface area contributed by atoms with Crippen molar-refractivity contribution in [3.8, 4) is 0 Å². The van der Waals surface area contributed by atoms with Gasteiger partial charge in [0.15, 0.2) is 0 Å². The zero-order valence-corrected chi connectivity index (χ0v) is 15.5. The number of benzene rings is 3. The third kappa shape index (κ3) is 3.64. The van der Waals surface area contributed by atoms with E-state index >= 15 is 0 Å². The summed E-state index contributed by atoms with van der Waals surface area (Å²) in [7, 11) is 0. The first-order valence-corrected chi connectivity index (χ1v) is 9.47. The van der Waals surface area contributed by atoms with Crippen molar-refractivity contribution in [3.05, 3.63) is 102 Å². The lowest BCUT2D eigenvalue weighted by molar-refractivity contribution is -0.118. The number of nitrogens with zero attached hydrogens (tertiary/aromatic N) is 1. The minimum atomic E-state index is -0.00972. The summed E-state index contributed by atoms with van der Waals surface area (Å²) in [6.45, 7) is 2.41. The Kier molecular flexibility index (Phi) is 5.03. The number of rotatable bonds is 5. The zero-order chi connectivity index (χ0) is 18.6. The van der Waals surface area contributed by atoms with Crippen LogP contribution in [-0.4, -0.2) is 18.5 Å². The van der Waals surface area contributed by atoms with Crippen LogP contribution in [0.15, 0.2) is 84.9 Å². The molecule has 0 saturated heterocycles. The number of fused-ring (bicyclic) bond motifs is 1. The number of hydrogen-bond acceptors (Lipinski definition) is 2. The van der Waals surface area contributed by atoms with Crippen LogP contribution in [0, 0.1) is 0 Å². The van der Waals surface area contributed by atoms with E-state index in [-0.39, 0.29) is 18.0 Å². The quantitative estimate of drug-likeness (QED) is 0.737. The van der Waals surface area contributed by atoms with E-state index in [0.29, 0.717) is 6.54 Å². The van der Waals surface area contributed by atoms with Crippen LogP contribution in [0.4, 0.5) is 5.69 Å². The summed E-state index contributed by atoms with van der Waals surface area (Å²) in [4.78, 5) is 15.0. The molecule has 136 valence electrons. The average molecular weight is 356 g/mol. The molecule has 3 nitrogen and oxygen atoms in total. The summed E-state index contributed by atoms with van der Waals surface area (Å²) in [6.07, 6.45) is 0.919. The van der Waals surface area contributed by atoms with Gasteiger partial charge in [-0.25, -0.2) is 0 Å². The van der Waals surface area contributed by atoms with Gasteiger partial charge in [0, 0.05) is 11.7 Å². The molecule has 0 fully saturated rings. The third-order valence-electron chi connectivity index (χ3n) is 5.20. The number of carbonyl (C=O) groups is 1. The highest BCUT2D eigenvalue weighted by atomic mass is 16.2. The van der Waals surface area contributed by atoms with Gasteiger partial charge in [-0.1, -0.05) is 78.9 Å². The molecule has 0 aliphatic carbocycles. The highest BCUT2D eigenvalue weighted by molar-refractivity contribution is 5.97. The maximum absolute atomic E-state index is 13.0. The van der Waals surface area contributed by atoms with Gasteiger partial charge in [0.1, 0.15) is 0 Å². The van der Waals surface area contributed by atoms with Crippen molar-refractivity contribution in [1.29, 1.82) is 0 Å². The van der Waals surface area contributed by atoms with Gasteiger partial charge in [-0.2, -0.15) is 0 Å². The Labute approximate surface area is 160 Å². The van der Waals surface area contributed by atoms with Crippen LogP contribution < -0.4 is 10.2 Å². The number of para-hydroxylation sites is 1. The molecule has 0 unspecified atom stereocenters. The van der Waals surface area contributed by atoms with E-state index in [1.807, 2.05) is 59.5 Å². The molecule has 0 radical (unpaired) electrons. The number of hydrogen-bond donors (Lipinski definition) is 1.